The molecule has 1 aromatic heterocycles. The molecule has 3 nitrogen and oxygen atoms in total. The molecule has 0 amide bonds. The van der Waals surface area contributed by atoms with Crippen molar-refractivity contribution in [3.63, 3.8) is 0 Å². The van der Waals surface area contributed by atoms with E-state index in [1.165, 1.54) is 33.4 Å². The van der Waals surface area contributed by atoms with Crippen LogP contribution in [-0.2, 0) is 44.2 Å². The molecule has 0 N–H and O–H groups in total. The second kappa shape index (κ2) is 21.1. The average Bonchev–Trinajstić information content (AvgIpc) is 2.88. The van der Waals surface area contributed by atoms with Gasteiger partial charge in [-0.2, -0.15) is 0 Å². The van der Waals surface area contributed by atoms with Gasteiger partial charge in [0, 0.05) is 0 Å². The molecule has 0 aliphatic carbocycles. The summed E-state index contributed by atoms with van der Waals surface area (Å²) in [5.74, 6) is 0. The summed E-state index contributed by atoms with van der Waals surface area (Å²) >= 11 is 0. The monoisotopic (exact) mass is 665 g/mol. The third-order valence-electron chi connectivity index (χ3n) is 6.95. The van der Waals surface area contributed by atoms with Crippen molar-refractivity contribution >= 4 is 22.8 Å². The van der Waals surface area contributed by atoms with E-state index in [1.54, 1.807) is 0 Å². The van der Waals surface area contributed by atoms with Gasteiger partial charge in [0.25, 0.3) is 0 Å². The molecule has 0 aliphatic rings. The van der Waals surface area contributed by atoms with Crippen molar-refractivity contribution in [3.8, 4) is 0 Å². The Balaban J connectivity index is 0. The van der Waals surface area contributed by atoms with E-state index in [4.69, 9.17) is 15.0 Å². The van der Waals surface area contributed by atoms with Crippen LogP contribution in [-0.4, -0.2) is 16.4 Å². The standard InChI is InChI=1S/C35H47N3.3ClH.V/c1-9-14-28-20-24(5)21-29(15-10-2)34(28)36-26(7)32-18-13-19-33(38-32)27(8)37-35-30(16-11-3)22-25(6)23-31(35)17-12-4;;;;/h13,18-23H,9-12,14-17H2,1-8H3;3*1H;/q;;;;+3/p-3. The summed E-state index contributed by atoms with van der Waals surface area (Å²) < 4.78 is 0. The zero-order chi connectivity index (χ0) is 27.7. The molecule has 0 saturated carbocycles. The zero-order valence-corrected chi connectivity index (χ0v) is 30.3. The van der Waals surface area contributed by atoms with E-state index < -0.39 is 0 Å². The van der Waals surface area contributed by atoms with Crippen molar-refractivity contribution in [3.05, 3.63) is 87.2 Å². The minimum atomic E-state index is 0. The van der Waals surface area contributed by atoms with Crippen LogP contribution in [0.15, 0.2) is 52.4 Å². The molecular weight excluding hydrogens is 620 g/mol. The summed E-state index contributed by atoms with van der Waals surface area (Å²) in [7, 11) is 0. The molecule has 0 aliphatic heterocycles. The van der Waals surface area contributed by atoms with Crippen LogP contribution in [0.1, 0.15) is 112 Å². The normalized spacial score (nSPS) is 11.1. The minimum Gasteiger partial charge on any atom is -1.00 e. The fourth-order valence-corrected chi connectivity index (χ4v) is 5.28. The largest absolute Gasteiger partial charge is 3.00 e. The summed E-state index contributed by atoms with van der Waals surface area (Å²) in [6.07, 6.45) is 8.61. The number of pyridine rings is 1. The van der Waals surface area contributed by atoms with Gasteiger partial charge >= 0.3 is 18.6 Å². The van der Waals surface area contributed by atoms with Gasteiger partial charge in [-0.25, -0.2) is 4.98 Å². The fraction of sp³-hybridized carbons (Fsp3) is 0.457. The number of halogens is 3. The maximum atomic E-state index is 5.19. The van der Waals surface area contributed by atoms with Crippen LogP contribution in [0.4, 0.5) is 11.4 Å². The Hall–Kier alpha value is -1.62. The number of hydrogen-bond acceptors (Lipinski definition) is 3. The van der Waals surface area contributed by atoms with Crippen LogP contribution in [0.25, 0.3) is 0 Å². The van der Waals surface area contributed by atoms with Gasteiger partial charge < -0.3 is 37.2 Å². The van der Waals surface area contributed by atoms with Gasteiger partial charge in [0.1, 0.15) is 0 Å². The fourth-order valence-electron chi connectivity index (χ4n) is 5.28. The van der Waals surface area contributed by atoms with E-state index in [1.807, 2.05) is 0 Å². The van der Waals surface area contributed by atoms with Gasteiger partial charge in [0.2, 0.25) is 0 Å². The molecule has 0 saturated heterocycles. The zero-order valence-electron chi connectivity index (χ0n) is 26.6. The number of aliphatic imine (C=N–C) groups is 2. The van der Waals surface area contributed by atoms with Crippen molar-refractivity contribution in [1.82, 2.24) is 4.98 Å². The molecule has 42 heavy (non-hydrogen) atoms. The van der Waals surface area contributed by atoms with Crippen molar-refractivity contribution in [2.45, 2.75) is 107 Å². The van der Waals surface area contributed by atoms with Gasteiger partial charge in [-0.15, -0.1) is 0 Å². The number of benzene rings is 2. The molecule has 1 heterocycles. The van der Waals surface area contributed by atoms with Gasteiger partial charge in [-0.3, -0.25) is 9.98 Å². The van der Waals surface area contributed by atoms with Crippen LogP contribution < -0.4 is 37.2 Å². The van der Waals surface area contributed by atoms with Crippen LogP contribution in [0.3, 0.4) is 0 Å². The van der Waals surface area contributed by atoms with Crippen LogP contribution in [0, 0.1) is 13.8 Å². The molecule has 0 unspecified atom stereocenters. The summed E-state index contributed by atoms with van der Waals surface area (Å²) in [6.45, 7) is 17.5. The molecule has 228 valence electrons. The molecule has 3 aromatic rings. The van der Waals surface area contributed by atoms with E-state index in [0.717, 1.165) is 85.6 Å². The summed E-state index contributed by atoms with van der Waals surface area (Å²) in [5.41, 5.74) is 14.0. The Bertz CT molecular complexity index is 1170. The van der Waals surface area contributed by atoms with Crippen LogP contribution in [0.2, 0.25) is 0 Å². The van der Waals surface area contributed by atoms with Crippen LogP contribution in [0.5, 0.6) is 0 Å². The Morgan fingerprint density at radius 1 is 0.571 bits per heavy atom. The van der Waals surface area contributed by atoms with Gasteiger partial charge in [-0.1, -0.05) is 94.8 Å². The third kappa shape index (κ3) is 11.5. The minimum absolute atomic E-state index is 0. The summed E-state index contributed by atoms with van der Waals surface area (Å²) in [6, 6.07) is 15.4. The van der Waals surface area contributed by atoms with Crippen molar-refractivity contribution in [2.75, 3.05) is 0 Å². The Kier molecular flexibility index (Phi) is 21.4. The van der Waals surface area contributed by atoms with Crippen molar-refractivity contribution < 1.29 is 55.8 Å². The Morgan fingerprint density at radius 3 is 1.12 bits per heavy atom. The van der Waals surface area contributed by atoms with Gasteiger partial charge in [0.15, 0.2) is 0 Å². The Labute approximate surface area is 286 Å². The first-order valence-corrected chi connectivity index (χ1v) is 14.6. The quantitative estimate of drug-likeness (QED) is 0.264. The van der Waals surface area contributed by atoms with E-state index >= 15 is 0 Å². The third-order valence-corrected chi connectivity index (χ3v) is 6.95. The predicted octanol–water partition coefficient (Wildman–Crippen LogP) is 0.799. The number of nitrogens with zero attached hydrogens (tertiary/aromatic N) is 3. The Morgan fingerprint density at radius 2 is 0.857 bits per heavy atom. The first-order valence-electron chi connectivity index (χ1n) is 14.6. The summed E-state index contributed by atoms with van der Waals surface area (Å²) in [5, 5.41) is 0. The number of hydrogen-bond donors (Lipinski definition) is 0. The first kappa shape index (κ1) is 42.5. The maximum absolute atomic E-state index is 5.19. The number of aromatic nitrogens is 1. The van der Waals surface area contributed by atoms with E-state index in [0.29, 0.717) is 0 Å². The molecule has 3 rings (SSSR count). The second-order valence-electron chi connectivity index (χ2n) is 10.7. The molecule has 0 radical (unpaired) electrons. The van der Waals surface area contributed by atoms with Crippen molar-refractivity contribution in [2.24, 2.45) is 9.98 Å². The molecule has 7 heteroatoms. The molecule has 2 aromatic carbocycles. The molecule has 0 atom stereocenters. The number of rotatable bonds is 12. The maximum Gasteiger partial charge on any atom is 3.00 e. The number of aryl methyl sites for hydroxylation is 6. The molecule has 0 spiro atoms. The van der Waals surface area contributed by atoms with Gasteiger partial charge in [0.05, 0.1) is 34.2 Å². The van der Waals surface area contributed by atoms with E-state index in [-0.39, 0.29) is 55.8 Å². The predicted molar refractivity (Wildman–Crippen MR) is 166 cm³/mol. The SMILES string of the molecule is CCCc1cc(C)cc(CCC)c1N=C(C)c1cccc(C(C)=Nc2c(CCC)cc(C)cc2CCC)n1.[Cl-].[Cl-].[Cl-].[V+3]. The van der Waals surface area contributed by atoms with Crippen LogP contribution >= 0.6 is 0 Å². The van der Waals surface area contributed by atoms with E-state index in [9.17, 15) is 0 Å². The smallest absolute Gasteiger partial charge is 1.00 e. The molecule has 0 fully saturated rings. The van der Waals surface area contributed by atoms with Crippen molar-refractivity contribution in [1.29, 1.82) is 0 Å². The average molecular weight is 667 g/mol. The van der Waals surface area contributed by atoms with E-state index in [2.05, 4.69) is 97.9 Å². The second-order valence-corrected chi connectivity index (χ2v) is 10.7. The molecular formula is C35H47Cl3N3V. The summed E-state index contributed by atoms with van der Waals surface area (Å²) in [4.78, 5) is 15.4. The van der Waals surface area contributed by atoms with Gasteiger partial charge in [-0.05, 0) is 87.8 Å². The molecule has 0 bridgehead atoms. The topological polar surface area (TPSA) is 37.6 Å². The first-order chi connectivity index (χ1) is 18.3.